The first-order valence-electron chi connectivity index (χ1n) is 12.8. The summed E-state index contributed by atoms with van der Waals surface area (Å²) in [6.45, 7) is 3.34. The molecule has 1 aromatic carbocycles. The van der Waals surface area contributed by atoms with Gasteiger partial charge in [0.15, 0.2) is 21.5 Å². The fourth-order valence-electron chi connectivity index (χ4n) is 6.75. The van der Waals surface area contributed by atoms with Crippen LogP contribution >= 0.6 is 0 Å². The third-order valence-corrected chi connectivity index (χ3v) is 10.4. The molecule has 12 heteroatoms. The van der Waals surface area contributed by atoms with E-state index in [0.717, 1.165) is 50.9 Å². The number of sulfone groups is 1. The quantitative estimate of drug-likeness (QED) is 0.533. The van der Waals surface area contributed by atoms with Crippen LogP contribution in [-0.2, 0) is 14.6 Å². The summed E-state index contributed by atoms with van der Waals surface area (Å²) in [5.41, 5.74) is 7.07. The number of likely N-dealkylation sites (N-methyl/N-ethyl adjacent to an activating group) is 1. The van der Waals surface area contributed by atoms with E-state index in [4.69, 9.17) is 5.73 Å². The number of nitrogens with one attached hydrogen (secondary N) is 2. The summed E-state index contributed by atoms with van der Waals surface area (Å²) in [6.07, 6.45) is 3.07. The lowest BCUT2D eigenvalue weighted by molar-refractivity contribution is -0.123. The number of halogens is 1. The number of hydrogen-bond acceptors (Lipinski definition) is 9. The Morgan fingerprint density at radius 1 is 1.14 bits per heavy atom. The number of nitrogens with zero attached hydrogens (tertiary/aromatic N) is 4. The Morgan fingerprint density at radius 3 is 2.68 bits per heavy atom. The topological polar surface area (TPSA) is 134 Å². The fourth-order valence-corrected chi connectivity index (χ4v) is 8.21. The highest BCUT2D eigenvalue weighted by molar-refractivity contribution is 7.91. The van der Waals surface area contributed by atoms with Gasteiger partial charge in [-0.2, -0.15) is 4.98 Å². The van der Waals surface area contributed by atoms with Crippen molar-refractivity contribution in [1.29, 1.82) is 0 Å². The number of fused-ring (bicyclic) bond motifs is 5. The molecule has 10 nitrogen and oxygen atoms in total. The van der Waals surface area contributed by atoms with Crippen LogP contribution in [0.1, 0.15) is 19.3 Å². The highest BCUT2D eigenvalue weighted by Crippen LogP contribution is 2.54. The molecule has 2 aromatic rings. The minimum absolute atomic E-state index is 0.0105. The van der Waals surface area contributed by atoms with Crippen LogP contribution < -0.4 is 21.3 Å². The highest BCUT2D eigenvalue weighted by atomic mass is 32.2. The molecule has 2 aliphatic carbocycles. The number of hydrogen-bond donors (Lipinski definition) is 3. The van der Waals surface area contributed by atoms with Crippen molar-refractivity contribution < 1.29 is 17.6 Å². The Morgan fingerprint density at radius 2 is 1.92 bits per heavy atom. The average molecular weight is 530 g/mol. The van der Waals surface area contributed by atoms with E-state index in [1.165, 1.54) is 0 Å². The van der Waals surface area contributed by atoms with Crippen LogP contribution in [0.25, 0.3) is 0 Å². The summed E-state index contributed by atoms with van der Waals surface area (Å²) in [7, 11) is -1.51. The van der Waals surface area contributed by atoms with Crippen LogP contribution in [0.4, 0.5) is 27.5 Å². The number of rotatable bonds is 2. The number of carbonyl (C=O) groups is 1. The van der Waals surface area contributed by atoms with E-state index in [2.05, 4.69) is 37.4 Å². The molecule has 0 unspecified atom stereocenters. The molecule has 4 aliphatic rings. The van der Waals surface area contributed by atoms with Crippen molar-refractivity contribution in [3.05, 3.63) is 30.2 Å². The zero-order chi connectivity index (χ0) is 25.9. The molecule has 4 N–H and O–H groups in total. The number of carbonyl (C=O) groups excluding carboxylic acids is 1. The van der Waals surface area contributed by atoms with Gasteiger partial charge >= 0.3 is 0 Å². The van der Waals surface area contributed by atoms with Gasteiger partial charge in [-0.05, 0) is 62.3 Å². The Bertz CT molecular complexity index is 1330. The molecule has 0 radical (unpaired) electrons. The Kier molecular flexibility index (Phi) is 5.98. The molecule has 2 saturated carbocycles. The van der Waals surface area contributed by atoms with Gasteiger partial charge in [-0.15, -0.1) is 0 Å². The first kappa shape index (κ1) is 24.4. The monoisotopic (exact) mass is 529 g/mol. The molecule has 37 heavy (non-hydrogen) atoms. The molecule has 6 rings (SSSR count). The van der Waals surface area contributed by atoms with Crippen LogP contribution in [0.15, 0.2) is 29.3 Å². The van der Waals surface area contributed by atoms with Crippen molar-refractivity contribution >= 4 is 38.9 Å². The van der Waals surface area contributed by atoms with Crippen LogP contribution in [0.2, 0.25) is 0 Å². The molecule has 1 amide bonds. The maximum absolute atomic E-state index is 14.8. The van der Waals surface area contributed by atoms with Crippen molar-refractivity contribution in [3.63, 3.8) is 0 Å². The lowest BCUT2D eigenvalue weighted by Gasteiger charge is -2.35. The van der Waals surface area contributed by atoms with E-state index < -0.39 is 33.5 Å². The summed E-state index contributed by atoms with van der Waals surface area (Å²) >= 11 is 0. The summed E-state index contributed by atoms with van der Waals surface area (Å²) in [5.74, 6) is -1.17. The standard InChI is InChI=1S/C25H32FN7O3S/c1-32-3-5-33(6-4-32)17-10-16-11-18(12-17)37(35,36)7-2-14-8-15-9-19(14)22(21(15)23(27)34)30-24-20(26)13-28-25(29-16)31-24/h10-15,19,21-22H,2-9H2,1H3,(H2,27,34)(H2,28,29,30,31)/t14-,15-,19-,21+,22-/m1/s1. The lowest BCUT2D eigenvalue weighted by atomic mass is 9.77. The summed E-state index contributed by atoms with van der Waals surface area (Å²) in [5, 5.41) is 6.24. The number of primary amides is 1. The van der Waals surface area contributed by atoms with Gasteiger partial charge in [0.1, 0.15) is 0 Å². The van der Waals surface area contributed by atoms with E-state index in [1.807, 2.05) is 6.07 Å². The highest BCUT2D eigenvalue weighted by Gasteiger charge is 2.55. The molecular weight excluding hydrogens is 497 g/mol. The number of anilines is 4. The Labute approximate surface area is 215 Å². The van der Waals surface area contributed by atoms with E-state index in [-0.39, 0.29) is 40.2 Å². The third-order valence-electron chi connectivity index (χ3n) is 8.65. The molecular formula is C25H32FN7O3S. The zero-order valence-electron chi connectivity index (χ0n) is 20.7. The molecule has 6 bridgehead atoms. The SMILES string of the molecule is CN1CCN(c2cc3cc(c2)S(=O)(=O)CC[C@@H]2C[C@@H]4C[C@H]2[C@@H](Nc2nc(ncc2F)N3)[C@H]4C(N)=O)CC1. The average Bonchev–Trinajstić information content (AvgIpc) is 3.43. The molecule has 198 valence electrons. The van der Waals surface area contributed by atoms with Gasteiger partial charge in [0, 0.05) is 43.6 Å². The number of benzene rings is 1. The predicted octanol–water partition coefficient (Wildman–Crippen LogP) is 1.83. The normalized spacial score (nSPS) is 30.8. The number of amides is 1. The fraction of sp³-hybridized carbons (Fsp3) is 0.560. The van der Waals surface area contributed by atoms with Crippen molar-refractivity contribution in [1.82, 2.24) is 14.9 Å². The molecule has 2 aliphatic heterocycles. The zero-order valence-corrected chi connectivity index (χ0v) is 21.5. The molecule has 1 saturated heterocycles. The molecule has 3 heterocycles. The second kappa shape index (κ2) is 9.09. The van der Waals surface area contributed by atoms with Gasteiger partial charge in [0.25, 0.3) is 0 Å². The van der Waals surface area contributed by atoms with Crippen molar-refractivity contribution in [2.75, 3.05) is 54.5 Å². The van der Waals surface area contributed by atoms with Crippen LogP contribution in [0.3, 0.4) is 0 Å². The molecule has 0 spiro atoms. The van der Waals surface area contributed by atoms with Gasteiger partial charge < -0.3 is 26.2 Å². The second-order valence-corrected chi connectivity index (χ2v) is 13.0. The molecule has 5 atom stereocenters. The first-order valence-corrected chi connectivity index (χ1v) is 14.5. The molecule has 1 aromatic heterocycles. The number of aromatic nitrogens is 2. The summed E-state index contributed by atoms with van der Waals surface area (Å²) in [4.78, 5) is 25.4. The minimum atomic E-state index is -3.58. The number of piperazine rings is 1. The third kappa shape index (κ3) is 4.50. The first-order chi connectivity index (χ1) is 17.7. The summed E-state index contributed by atoms with van der Waals surface area (Å²) in [6, 6.07) is 4.84. The van der Waals surface area contributed by atoms with Gasteiger partial charge in [-0.3, -0.25) is 4.79 Å². The van der Waals surface area contributed by atoms with E-state index in [1.54, 1.807) is 12.1 Å². The Hall–Kier alpha value is -2.99. The lowest BCUT2D eigenvalue weighted by Crippen LogP contribution is -2.45. The van der Waals surface area contributed by atoms with Gasteiger partial charge in [0.05, 0.1) is 22.8 Å². The Balaban J connectivity index is 1.42. The maximum Gasteiger partial charge on any atom is 0.229 e. The van der Waals surface area contributed by atoms with Crippen LogP contribution in [-0.4, -0.2) is 74.2 Å². The summed E-state index contributed by atoms with van der Waals surface area (Å²) < 4.78 is 42.0. The van der Waals surface area contributed by atoms with Crippen molar-refractivity contribution in [2.45, 2.75) is 30.2 Å². The second-order valence-electron chi connectivity index (χ2n) is 10.9. The van der Waals surface area contributed by atoms with Crippen LogP contribution in [0.5, 0.6) is 0 Å². The van der Waals surface area contributed by atoms with Gasteiger partial charge in [-0.25, -0.2) is 17.8 Å². The van der Waals surface area contributed by atoms with E-state index in [9.17, 15) is 17.6 Å². The van der Waals surface area contributed by atoms with E-state index in [0.29, 0.717) is 12.1 Å². The van der Waals surface area contributed by atoms with Crippen molar-refractivity contribution in [3.8, 4) is 0 Å². The largest absolute Gasteiger partial charge is 0.369 e. The van der Waals surface area contributed by atoms with Crippen LogP contribution in [0, 0.1) is 29.5 Å². The maximum atomic E-state index is 14.8. The van der Waals surface area contributed by atoms with Gasteiger partial charge in [-0.1, -0.05) is 0 Å². The smallest absolute Gasteiger partial charge is 0.229 e. The number of nitrogens with two attached hydrogens (primary N) is 1. The van der Waals surface area contributed by atoms with Crippen molar-refractivity contribution in [2.24, 2.45) is 29.4 Å². The minimum Gasteiger partial charge on any atom is -0.369 e. The predicted molar refractivity (Wildman–Crippen MR) is 138 cm³/mol. The van der Waals surface area contributed by atoms with Gasteiger partial charge in [0.2, 0.25) is 11.9 Å². The molecule has 3 fully saturated rings. The van der Waals surface area contributed by atoms with E-state index >= 15 is 0 Å².